The van der Waals surface area contributed by atoms with E-state index in [0.29, 0.717) is 27.0 Å². The van der Waals surface area contributed by atoms with E-state index in [0.717, 1.165) is 5.57 Å². The van der Waals surface area contributed by atoms with Gasteiger partial charge >= 0.3 is 0 Å². The molecule has 0 unspecified atom stereocenters. The molecule has 0 radical (unpaired) electrons. The number of hydrogen-bond acceptors (Lipinski definition) is 3. The van der Waals surface area contributed by atoms with Gasteiger partial charge in [0, 0.05) is 22.5 Å². The Bertz CT molecular complexity index is 830. The van der Waals surface area contributed by atoms with Crippen LogP contribution in [0.1, 0.15) is 51.2 Å². The van der Waals surface area contributed by atoms with Crippen LogP contribution < -0.4 is 5.32 Å². The van der Waals surface area contributed by atoms with E-state index >= 15 is 0 Å². The van der Waals surface area contributed by atoms with Crippen LogP contribution in [0.3, 0.4) is 0 Å². The maximum atomic E-state index is 12.2. The molecule has 0 fully saturated rings. The topological polar surface area (TPSA) is 54.9 Å². The predicted octanol–water partition coefficient (Wildman–Crippen LogP) is 6.47. The van der Waals surface area contributed by atoms with Gasteiger partial charge in [0.15, 0.2) is 0 Å². The second kappa shape index (κ2) is 11.5. The standard InChI is InChI=1S/C17H15Cl2N3O.C4H10/c1-4-10(2)11(3)21-17(23)16-20-8-7-15(22-16)13-9-12(18)5-6-14(13)19;1-3-4-2/h4-9H,1H2,2-3H3,(H,21,23);3-4H2,1-2H3/b11-10+;. The van der Waals surface area contributed by atoms with Crippen LogP contribution in [0, 0.1) is 0 Å². The van der Waals surface area contributed by atoms with E-state index in [2.05, 4.69) is 35.7 Å². The molecule has 6 heteroatoms. The summed E-state index contributed by atoms with van der Waals surface area (Å²) in [6, 6.07) is 6.74. The molecule has 0 aliphatic carbocycles. The van der Waals surface area contributed by atoms with E-state index in [1.54, 1.807) is 37.3 Å². The highest BCUT2D eigenvalue weighted by atomic mass is 35.5. The van der Waals surface area contributed by atoms with Crippen molar-refractivity contribution in [1.82, 2.24) is 15.3 Å². The van der Waals surface area contributed by atoms with Crippen LogP contribution in [0.4, 0.5) is 0 Å². The Morgan fingerprint density at radius 2 is 1.85 bits per heavy atom. The molecule has 1 aromatic carbocycles. The molecule has 144 valence electrons. The minimum atomic E-state index is -0.399. The number of rotatable bonds is 5. The van der Waals surface area contributed by atoms with Crippen LogP contribution in [0.5, 0.6) is 0 Å². The normalized spacial score (nSPS) is 11.0. The summed E-state index contributed by atoms with van der Waals surface area (Å²) < 4.78 is 0. The van der Waals surface area contributed by atoms with Crippen molar-refractivity contribution in [3.63, 3.8) is 0 Å². The van der Waals surface area contributed by atoms with Gasteiger partial charge < -0.3 is 5.32 Å². The number of nitrogens with zero attached hydrogens (tertiary/aromatic N) is 2. The maximum absolute atomic E-state index is 12.2. The number of allylic oxidation sites excluding steroid dienone is 3. The zero-order chi connectivity index (χ0) is 20.4. The molecule has 1 N–H and O–H groups in total. The predicted molar refractivity (Wildman–Crippen MR) is 114 cm³/mol. The summed E-state index contributed by atoms with van der Waals surface area (Å²) in [5, 5.41) is 3.77. The number of halogens is 2. The van der Waals surface area contributed by atoms with Crippen molar-refractivity contribution >= 4 is 29.1 Å². The number of aromatic nitrogens is 2. The first-order chi connectivity index (χ1) is 12.8. The van der Waals surface area contributed by atoms with Crippen molar-refractivity contribution in [2.24, 2.45) is 0 Å². The highest BCUT2D eigenvalue weighted by molar-refractivity contribution is 6.35. The molecule has 2 rings (SSSR count). The van der Waals surface area contributed by atoms with Crippen LogP contribution in [0.25, 0.3) is 11.3 Å². The van der Waals surface area contributed by atoms with Crippen molar-refractivity contribution in [3.8, 4) is 11.3 Å². The zero-order valence-electron chi connectivity index (χ0n) is 16.1. The van der Waals surface area contributed by atoms with E-state index < -0.39 is 5.91 Å². The molecule has 2 aromatic rings. The summed E-state index contributed by atoms with van der Waals surface area (Å²) in [5.41, 5.74) is 2.73. The minimum Gasteiger partial charge on any atom is -0.323 e. The van der Waals surface area contributed by atoms with Gasteiger partial charge in [-0.15, -0.1) is 0 Å². The Morgan fingerprint density at radius 1 is 1.19 bits per heavy atom. The van der Waals surface area contributed by atoms with Gasteiger partial charge in [0.25, 0.3) is 5.91 Å². The summed E-state index contributed by atoms with van der Waals surface area (Å²) in [4.78, 5) is 20.5. The van der Waals surface area contributed by atoms with Gasteiger partial charge in [-0.25, -0.2) is 9.97 Å². The molecule has 1 heterocycles. The molecule has 0 aliphatic heterocycles. The molecule has 0 spiro atoms. The van der Waals surface area contributed by atoms with Gasteiger partial charge in [-0.2, -0.15) is 0 Å². The van der Waals surface area contributed by atoms with E-state index in [9.17, 15) is 4.79 Å². The summed E-state index contributed by atoms with van der Waals surface area (Å²) in [5.74, 6) is -0.349. The van der Waals surface area contributed by atoms with E-state index in [4.69, 9.17) is 23.2 Å². The first-order valence-corrected chi connectivity index (χ1v) is 9.49. The van der Waals surface area contributed by atoms with Crippen molar-refractivity contribution in [3.05, 3.63) is 70.3 Å². The molecule has 0 atom stereocenters. The van der Waals surface area contributed by atoms with Crippen molar-refractivity contribution < 1.29 is 4.79 Å². The lowest BCUT2D eigenvalue weighted by atomic mass is 10.1. The number of amides is 1. The number of carbonyl (C=O) groups is 1. The molecular weight excluding hydrogens is 381 g/mol. The maximum Gasteiger partial charge on any atom is 0.293 e. The Hall–Kier alpha value is -2.17. The number of unbranched alkanes of at least 4 members (excludes halogenated alkanes) is 1. The Morgan fingerprint density at radius 3 is 2.44 bits per heavy atom. The molecule has 4 nitrogen and oxygen atoms in total. The summed E-state index contributed by atoms with van der Waals surface area (Å²) in [6.45, 7) is 11.7. The highest BCUT2D eigenvalue weighted by Gasteiger charge is 2.13. The zero-order valence-corrected chi connectivity index (χ0v) is 17.7. The fourth-order valence-corrected chi connectivity index (χ4v) is 2.18. The number of carbonyl (C=O) groups excluding carboxylic acids is 1. The van der Waals surface area contributed by atoms with Gasteiger partial charge in [0.2, 0.25) is 5.82 Å². The van der Waals surface area contributed by atoms with Gasteiger partial charge in [0.1, 0.15) is 0 Å². The summed E-state index contributed by atoms with van der Waals surface area (Å²) in [7, 11) is 0. The lowest BCUT2D eigenvalue weighted by Gasteiger charge is -2.08. The molecule has 0 aliphatic rings. The fraction of sp³-hybridized carbons (Fsp3) is 0.286. The Labute approximate surface area is 171 Å². The smallest absolute Gasteiger partial charge is 0.293 e. The molecule has 0 saturated heterocycles. The number of benzene rings is 1. The first kappa shape index (κ1) is 22.9. The molecule has 0 bridgehead atoms. The van der Waals surface area contributed by atoms with E-state index in [-0.39, 0.29) is 5.82 Å². The van der Waals surface area contributed by atoms with Crippen molar-refractivity contribution in [2.75, 3.05) is 0 Å². The van der Waals surface area contributed by atoms with Gasteiger partial charge in [0.05, 0.1) is 10.7 Å². The summed E-state index contributed by atoms with van der Waals surface area (Å²) in [6.07, 6.45) is 5.81. The largest absolute Gasteiger partial charge is 0.323 e. The second-order valence-corrected chi connectivity index (χ2v) is 6.70. The molecule has 1 aromatic heterocycles. The van der Waals surface area contributed by atoms with Crippen LogP contribution in [-0.4, -0.2) is 15.9 Å². The van der Waals surface area contributed by atoms with E-state index in [1.165, 1.54) is 19.0 Å². The summed E-state index contributed by atoms with van der Waals surface area (Å²) >= 11 is 12.2. The Balaban J connectivity index is 0.000000828. The third kappa shape index (κ3) is 7.16. The van der Waals surface area contributed by atoms with E-state index in [1.807, 2.05) is 6.92 Å². The van der Waals surface area contributed by atoms with Gasteiger partial charge in [-0.3, -0.25) is 4.79 Å². The highest BCUT2D eigenvalue weighted by Crippen LogP contribution is 2.29. The lowest BCUT2D eigenvalue weighted by molar-refractivity contribution is 0.0955. The lowest BCUT2D eigenvalue weighted by Crippen LogP contribution is -2.24. The molecule has 0 saturated carbocycles. The molecule has 1 amide bonds. The minimum absolute atomic E-state index is 0.0507. The SMILES string of the molecule is C=C/C(C)=C(\C)NC(=O)c1nccc(-c2cc(Cl)ccc2Cl)n1.CCCC. The van der Waals surface area contributed by atoms with Gasteiger partial charge in [-0.1, -0.05) is 62.5 Å². The third-order valence-corrected chi connectivity index (χ3v) is 4.33. The van der Waals surface area contributed by atoms with Crippen molar-refractivity contribution in [1.29, 1.82) is 0 Å². The average molecular weight is 406 g/mol. The Kier molecular flexibility index (Phi) is 9.76. The molecular formula is C21H25Cl2N3O. The fourth-order valence-electron chi connectivity index (χ4n) is 1.79. The quantitative estimate of drug-likeness (QED) is 0.579. The van der Waals surface area contributed by atoms with Crippen molar-refractivity contribution in [2.45, 2.75) is 40.5 Å². The monoisotopic (exact) mass is 405 g/mol. The molecule has 27 heavy (non-hydrogen) atoms. The number of nitrogens with one attached hydrogen (secondary N) is 1. The van der Waals surface area contributed by atoms with Crippen LogP contribution in [0.2, 0.25) is 10.0 Å². The third-order valence-electron chi connectivity index (χ3n) is 3.76. The first-order valence-electron chi connectivity index (χ1n) is 8.73. The number of hydrogen-bond donors (Lipinski definition) is 1. The van der Waals surface area contributed by atoms with Gasteiger partial charge in [-0.05, 0) is 43.7 Å². The van der Waals surface area contributed by atoms with Crippen LogP contribution in [-0.2, 0) is 0 Å². The second-order valence-electron chi connectivity index (χ2n) is 5.86. The van der Waals surface area contributed by atoms with Crippen LogP contribution in [0.15, 0.2) is 54.4 Å². The van der Waals surface area contributed by atoms with Crippen LogP contribution >= 0.6 is 23.2 Å². The average Bonchev–Trinajstić information content (AvgIpc) is 2.69.